The standard InChI is InChI=1S/C25H28O4/c1-3-6-22(17-25(27)28)21-11-15-24(16-12-21)29-18-19(4-2)7-5-8-20-9-13-23(26)14-10-20/h4,7,9,11-12,15-16,22H,2,5,8,10,13-14,17-18H2,1H3,(H,27,28)/b19-7+. The van der Waals surface area contributed by atoms with Crippen LogP contribution in [0.15, 0.2) is 60.2 Å². The fourth-order valence-electron chi connectivity index (χ4n) is 3.20. The molecule has 0 fully saturated rings. The second-order valence-corrected chi connectivity index (χ2v) is 7.03. The van der Waals surface area contributed by atoms with Crippen LogP contribution < -0.4 is 4.74 Å². The molecule has 0 bridgehead atoms. The largest absolute Gasteiger partial charge is 0.489 e. The third kappa shape index (κ3) is 7.83. The number of hydrogen-bond donors (Lipinski definition) is 1. The molecule has 1 atom stereocenters. The summed E-state index contributed by atoms with van der Waals surface area (Å²) in [6.45, 7) is 5.99. The van der Waals surface area contributed by atoms with Gasteiger partial charge >= 0.3 is 5.97 Å². The lowest BCUT2D eigenvalue weighted by atomic mass is 9.95. The van der Waals surface area contributed by atoms with E-state index >= 15 is 0 Å². The van der Waals surface area contributed by atoms with Gasteiger partial charge in [-0.15, -0.1) is 5.92 Å². The monoisotopic (exact) mass is 392 g/mol. The normalized spacial score (nSPS) is 15.0. The number of benzene rings is 1. The summed E-state index contributed by atoms with van der Waals surface area (Å²) < 4.78 is 5.84. The number of carbonyl (C=O) groups is 2. The lowest BCUT2D eigenvalue weighted by Crippen LogP contribution is -2.05. The first-order valence-electron chi connectivity index (χ1n) is 9.89. The molecule has 152 valence electrons. The first-order valence-corrected chi connectivity index (χ1v) is 9.89. The van der Waals surface area contributed by atoms with Crippen LogP contribution in [0.5, 0.6) is 5.75 Å². The number of hydrogen-bond acceptors (Lipinski definition) is 3. The molecule has 0 saturated carbocycles. The molecule has 1 aromatic rings. The van der Waals surface area contributed by atoms with Crippen molar-refractivity contribution in [2.24, 2.45) is 0 Å². The number of allylic oxidation sites excluding steroid dienone is 3. The SMILES string of the molecule is C=C/C(=C\CCC1=CCC(=O)CC1)COc1ccc(C(C#CC)CC(=O)O)cc1. The Hall–Kier alpha value is -3.06. The maximum absolute atomic E-state index is 11.3. The summed E-state index contributed by atoms with van der Waals surface area (Å²) in [5.74, 6) is 5.60. The van der Waals surface area contributed by atoms with Crippen molar-refractivity contribution in [3.8, 4) is 17.6 Å². The molecule has 2 rings (SSSR count). The lowest BCUT2D eigenvalue weighted by molar-refractivity contribution is -0.137. The lowest BCUT2D eigenvalue weighted by Gasteiger charge is -2.12. The maximum atomic E-state index is 11.3. The molecular formula is C25H28O4. The van der Waals surface area contributed by atoms with Gasteiger partial charge in [-0.2, -0.15) is 0 Å². The van der Waals surface area contributed by atoms with E-state index in [9.17, 15) is 9.59 Å². The summed E-state index contributed by atoms with van der Waals surface area (Å²) in [5.41, 5.74) is 3.24. The Morgan fingerprint density at radius 3 is 2.66 bits per heavy atom. The summed E-state index contributed by atoms with van der Waals surface area (Å²) in [4.78, 5) is 22.3. The minimum atomic E-state index is -0.866. The summed E-state index contributed by atoms with van der Waals surface area (Å²) in [5, 5.41) is 9.04. The van der Waals surface area contributed by atoms with Gasteiger partial charge in [0, 0.05) is 12.8 Å². The number of carboxylic acids is 1. The molecule has 0 heterocycles. The highest BCUT2D eigenvalue weighted by atomic mass is 16.5. The summed E-state index contributed by atoms with van der Waals surface area (Å²) >= 11 is 0. The molecule has 0 saturated heterocycles. The zero-order valence-corrected chi connectivity index (χ0v) is 16.9. The van der Waals surface area contributed by atoms with Crippen LogP contribution in [0.1, 0.15) is 56.9 Å². The predicted molar refractivity (Wildman–Crippen MR) is 115 cm³/mol. The van der Waals surface area contributed by atoms with E-state index in [1.54, 1.807) is 13.0 Å². The number of carbonyl (C=O) groups excluding carboxylic acids is 1. The van der Waals surface area contributed by atoms with Gasteiger partial charge in [0.25, 0.3) is 0 Å². The summed E-state index contributed by atoms with van der Waals surface area (Å²) in [6.07, 6.45) is 9.94. The zero-order valence-electron chi connectivity index (χ0n) is 16.9. The molecule has 0 radical (unpaired) electrons. The molecule has 1 aliphatic carbocycles. The molecule has 0 spiro atoms. The smallest absolute Gasteiger partial charge is 0.304 e. The number of ketones is 1. The number of ether oxygens (including phenoxy) is 1. The quantitative estimate of drug-likeness (QED) is 0.337. The molecule has 0 aliphatic heterocycles. The molecule has 29 heavy (non-hydrogen) atoms. The molecule has 1 aromatic carbocycles. The highest BCUT2D eigenvalue weighted by molar-refractivity contribution is 5.81. The third-order valence-electron chi connectivity index (χ3n) is 4.86. The number of carboxylic acid groups (broad SMARTS) is 1. The van der Waals surface area contributed by atoms with Gasteiger partial charge in [-0.05, 0) is 49.5 Å². The molecule has 1 N–H and O–H groups in total. The Bertz CT molecular complexity index is 847. The van der Waals surface area contributed by atoms with Crippen molar-refractivity contribution in [3.05, 3.63) is 65.8 Å². The van der Waals surface area contributed by atoms with Crippen LogP contribution in [-0.2, 0) is 9.59 Å². The highest BCUT2D eigenvalue weighted by Crippen LogP contribution is 2.23. The molecule has 0 amide bonds. The molecule has 4 nitrogen and oxygen atoms in total. The molecule has 0 aromatic heterocycles. The van der Waals surface area contributed by atoms with E-state index in [4.69, 9.17) is 9.84 Å². The van der Waals surface area contributed by atoms with Gasteiger partial charge in [0.05, 0.1) is 12.3 Å². The molecular weight excluding hydrogens is 364 g/mol. The zero-order chi connectivity index (χ0) is 21.1. The van der Waals surface area contributed by atoms with E-state index < -0.39 is 5.97 Å². The van der Waals surface area contributed by atoms with Crippen LogP contribution >= 0.6 is 0 Å². The van der Waals surface area contributed by atoms with Crippen molar-refractivity contribution in [2.45, 2.75) is 51.4 Å². The first kappa shape index (κ1) is 22.2. The van der Waals surface area contributed by atoms with Gasteiger partial charge in [-0.25, -0.2) is 0 Å². The van der Waals surface area contributed by atoms with E-state index in [-0.39, 0.29) is 12.3 Å². The Balaban J connectivity index is 1.88. The predicted octanol–water partition coefficient (Wildman–Crippen LogP) is 5.22. The minimum Gasteiger partial charge on any atom is -0.489 e. The van der Waals surface area contributed by atoms with E-state index in [2.05, 4.69) is 30.6 Å². The first-order chi connectivity index (χ1) is 14.0. The van der Waals surface area contributed by atoms with Gasteiger partial charge in [-0.3, -0.25) is 9.59 Å². The van der Waals surface area contributed by atoms with Gasteiger partial charge in [0.15, 0.2) is 0 Å². The molecule has 1 aliphatic rings. The van der Waals surface area contributed by atoms with Crippen LogP contribution in [0.4, 0.5) is 0 Å². The van der Waals surface area contributed by atoms with Gasteiger partial charge in [0.1, 0.15) is 18.1 Å². The van der Waals surface area contributed by atoms with Crippen LogP contribution in [0.25, 0.3) is 0 Å². The Labute approximate surface area is 173 Å². The Morgan fingerprint density at radius 1 is 1.31 bits per heavy atom. The van der Waals surface area contributed by atoms with E-state index in [1.807, 2.05) is 24.3 Å². The average molecular weight is 392 g/mol. The fraction of sp³-hybridized carbons (Fsp3) is 0.360. The van der Waals surface area contributed by atoms with Gasteiger partial charge < -0.3 is 9.84 Å². The third-order valence-corrected chi connectivity index (χ3v) is 4.86. The van der Waals surface area contributed by atoms with Crippen molar-refractivity contribution in [3.63, 3.8) is 0 Å². The second-order valence-electron chi connectivity index (χ2n) is 7.03. The Kier molecular flexibility index (Phi) is 8.98. The van der Waals surface area contributed by atoms with Crippen molar-refractivity contribution < 1.29 is 19.4 Å². The van der Waals surface area contributed by atoms with Crippen LogP contribution in [0.2, 0.25) is 0 Å². The topological polar surface area (TPSA) is 63.6 Å². The highest BCUT2D eigenvalue weighted by Gasteiger charge is 2.13. The van der Waals surface area contributed by atoms with Crippen molar-refractivity contribution >= 4 is 11.8 Å². The van der Waals surface area contributed by atoms with Crippen LogP contribution in [0, 0.1) is 11.8 Å². The van der Waals surface area contributed by atoms with Crippen LogP contribution in [-0.4, -0.2) is 23.5 Å². The van der Waals surface area contributed by atoms with E-state index in [0.717, 1.165) is 30.4 Å². The van der Waals surface area contributed by atoms with Crippen molar-refractivity contribution in [2.75, 3.05) is 6.61 Å². The number of rotatable bonds is 10. The number of Topliss-reactive ketones (excluding diaryl/α,β-unsaturated/α-hetero) is 1. The van der Waals surface area contributed by atoms with Gasteiger partial charge in [0.2, 0.25) is 0 Å². The summed E-state index contributed by atoms with van der Waals surface area (Å²) in [6, 6.07) is 7.40. The Morgan fingerprint density at radius 2 is 2.07 bits per heavy atom. The fourth-order valence-corrected chi connectivity index (χ4v) is 3.20. The van der Waals surface area contributed by atoms with Gasteiger partial charge in [-0.1, -0.05) is 48.4 Å². The van der Waals surface area contributed by atoms with Crippen molar-refractivity contribution in [1.82, 2.24) is 0 Å². The molecule has 4 heteroatoms. The van der Waals surface area contributed by atoms with E-state index in [1.165, 1.54) is 5.57 Å². The average Bonchev–Trinajstić information content (AvgIpc) is 2.71. The maximum Gasteiger partial charge on any atom is 0.304 e. The van der Waals surface area contributed by atoms with Crippen molar-refractivity contribution in [1.29, 1.82) is 0 Å². The molecule has 1 unspecified atom stereocenters. The number of aliphatic carboxylic acids is 1. The minimum absolute atomic E-state index is 0.0189. The second kappa shape index (κ2) is 11.7. The summed E-state index contributed by atoms with van der Waals surface area (Å²) in [7, 11) is 0. The van der Waals surface area contributed by atoms with Crippen LogP contribution in [0.3, 0.4) is 0 Å². The van der Waals surface area contributed by atoms with E-state index in [0.29, 0.717) is 31.0 Å².